The number of guanidine groups is 1. The topological polar surface area (TPSA) is 69.9 Å². The molecule has 1 aromatic heterocycles. The first-order valence-electron chi connectivity index (χ1n) is 10.0. The van der Waals surface area contributed by atoms with Gasteiger partial charge >= 0.3 is 0 Å². The fraction of sp³-hybridized carbons (Fsp3) is 0.700. The summed E-state index contributed by atoms with van der Waals surface area (Å²) in [5.74, 6) is 2.67. The molecular formula is C20H32N4O2. The number of nitrogens with zero attached hydrogens (tertiary/aromatic N) is 2. The van der Waals surface area contributed by atoms with Crippen molar-refractivity contribution in [3.05, 3.63) is 24.2 Å². The molecule has 2 heterocycles. The molecule has 0 radical (unpaired) electrons. The number of piperidine rings is 1. The van der Waals surface area contributed by atoms with Crippen molar-refractivity contribution >= 4 is 11.9 Å². The van der Waals surface area contributed by atoms with Crippen LogP contribution in [0.3, 0.4) is 0 Å². The molecule has 1 aromatic rings. The van der Waals surface area contributed by atoms with Crippen molar-refractivity contribution in [3.63, 3.8) is 0 Å². The van der Waals surface area contributed by atoms with Gasteiger partial charge < -0.3 is 20.0 Å². The lowest BCUT2D eigenvalue weighted by Crippen LogP contribution is -2.48. The Kier molecular flexibility index (Phi) is 6.97. The summed E-state index contributed by atoms with van der Waals surface area (Å²) < 4.78 is 5.41. The lowest BCUT2D eigenvalue weighted by atomic mass is 9.93. The third kappa shape index (κ3) is 5.51. The van der Waals surface area contributed by atoms with Crippen LogP contribution in [0.5, 0.6) is 0 Å². The van der Waals surface area contributed by atoms with E-state index in [0.29, 0.717) is 18.4 Å². The fourth-order valence-corrected chi connectivity index (χ4v) is 3.93. The highest BCUT2D eigenvalue weighted by molar-refractivity contribution is 5.80. The van der Waals surface area contributed by atoms with E-state index in [-0.39, 0.29) is 5.91 Å². The normalized spacial score (nSPS) is 19.7. The van der Waals surface area contributed by atoms with Gasteiger partial charge in [-0.25, -0.2) is 0 Å². The van der Waals surface area contributed by atoms with Crippen LogP contribution >= 0.6 is 0 Å². The summed E-state index contributed by atoms with van der Waals surface area (Å²) in [4.78, 5) is 18.9. The van der Waals surface area contributed by atoms with Crippen molar-refractivity contribution in [2.75, 3.05) is 26.7 Å². The average Bonchev–Trinajstić information content (AvgIpc) is 3.35. The minimum Gasteiger partial charge on any atom is -0.469 e. The number of amides is 1. The van der Waals surface area contributed by atoms with Crippen LogP contribution in [0.1, 0.15) is 50.7 Å². The Labute approximate surface area is 156 Å². The molecule has 3 rings (SSSR count). The summed E-state index contributed by atoms with van der Waals surface area (Å²) in [6.07, 6.45) is 10.4. The number of hydrogen-bond donors (Lipinski definition) is 2. The second-order valence-electron chi connectivity index (χ2n) is 7.47. The average molecular weight is 361 g/mol. The summed E-state index contributed by atoms with van der Waals surface area (Å²) in [5, 5.41) is 6.44. The quantitative estimate of drug-likeness (QED) is 0.604. The van der Waals surface area contributed by atoms with Crippen LogP contribution in [0.2, 0.25) is 0 Å². The molecule has 0 aromatic carbocycles. The van der Waals surface area contributed by atoms with Gasteiger partial charge in [0, 0.05) is 45.6 Å². The van der Waals surface area contributed by atoms with Gasteiger partial charge in [0.1, 0.15) is 5.76 Å². The van der Waals surface area contributed by atoms with E-state index in [2.05, 4.69) is 15.5 Å². The first-order valence-corrected chi connectivity index (χ1v) is 10.0. The van der Waals surface area contributed by atoms with E-state index in [0.717, 1.165) is 50.6 Å². The summed E-state index contributed by atoms with van der Waals surface area (Å²) in [6.45, 7) is 2.68. The molecule has 2 aliphatic rings. The monoisotopic (exact) mass is 360 g/mol. The number of furan rings is 1. The largest absolute Gasteiger partial charge is 0.469 e. The molecule has 0 bridgehead atoms. The standard InChI is InChI=1S/C20H32N4O2/c1-21-19(25)15-16-9-12-24(13-10-16)20(23-17-5-2-3-6-17)22-11-8-18-7-4-14-26-18/h4,7,14,16-17H,2-3,5-6,8-13,15H2,1H3,(H,21,25)(H,22,23). The van der Waals surface area contributed by atoms with E-state index in [1.165, 1.54) is 25.7 Å². The van der Waals surface area contributed by atoms with E-state index < -0.39 is 0 Å². The van der Waals surface area contributed by atoms with Crippen molar-refractivity contribution in [2.24, 2.45) is 10.9 Å². The van der Waals surface area contributed by atoms with Gasteiger partial charge in [0.25, 0.3) is 0 Å². The number of nitrogens with one attached hydrogen (secondary N) is 2. The Hall–Kier alpha value is -1.98. The van der Waals surface area contributed by atoms with Crippen molar-refractivity contribution in [1.82, 2.24) is 15.5 Å². The van der Waals surface area contributed by atoms with Crippen LogP contribution in [0, 0.1) is 5.92 Å². The molecule has 0 unspecified atom stereocenters. The molecule has 6 heteroatoms. The Bertz CT molecular complexity index is 571. The molecular weight excluding hydrogens is 328 g/mol. The van der Waals surface area contributed by atoms with Gasteiger partial charge in [-0.05, 0) is 43.7 Å². The van der Waals surface area contributed by atoms with Gasteiger partial charge in [0.05, 0.1) is 6.26 Å². The maximum atomic E-state index is 11.6. The Morgan fingerprint density at radius 3 is 2.69 bits per heavy atom. The summed E-state index contributed by atoms with van der Waals surface area (Å²) >= 11 is 0. The molecule has 1 aliphatic heterocycles. The molecule has 1 saturated heterocycles. The molecule has 0 atom stereocenters. The molecule has 6 nitrogen and oxygen atoms in total. The van der Waals surface area contributed by atoms with Crippen LogP contribution < -0.4 is 10.6 Å². The van der Waals surface area contributed by atoms with Gasteiger partial charge in [0.15, 0.2) is 5.96 Å². The minimum absolute atomic E-state index is 0.153. The third-order valence-corrected chi connectivity index (χ3v) is 5.56. The van der Waals surface area contributed by atoms with Crippen LogP contribution in [0.15, 0.2) is 27.8 Å². The molecule has 144 valence electrons. The highest BCUT2D eigenvalue weighted by atomic mass is 16.3. The minimum atomic E-state index is 0.153. The van der Waals surface area contributed by atoms with Crippen molar-refractivity contribution in [3.8, 4) is 0 Å². The van der Waals surface area contributed by atoms with Gasteiger partial charge in [-0.2, -0.15) is 0 Å². The number of rotatable bonds is 6. The maximum absolute atomic E-state index is 11.6. The fourth-order valence-electron chi connectivity index (χ4n) is 3.93. The number of aliphatic imine (C=N–C) groups is 1. The smallest absolute Gasteiger partial charge is 0.220 e. The lowest BCUT2D eigenvalue weighted by molar-refractivity contribution is -0.121. The van der Waals surface area contributed by atoms with Crippen LogP contribution in [-0.4, -0.2) is 49.5 Å². The van der Waals surface area contributed by atoms with Crippen LogP contribution in [0.4, 0.5) is 0 Å². The van der Waals surface area contributed by atoms with Crippen LogP contribution in [-0.2, 0) is 11.2 Å². The third-order valence-electron chi connectivity index (χ3n) is 5.56. The predicted molar refractivity (Wildman–Crippen MR) is 103 cm³/mol. The number of carbonyl (C=O) groups excluding carboxylic acids is 1. The summed E-state index contributed by atoms with van der Waals surface area (Å²) in [6, 6.07) is 4.48. The van der Waals surface area contributed by atoms with E-state index in [1.54, 1.807) is 13.3 Å². The highest BCUT2D eigenvalue weighted by Crippen LogP contribution is 2.22. The molecule has 1 saturated carbocycles. The van der Waals surface area contributed by atoms with Crippen molar-refractivity contribution in [2.45, 2.75) is 57.4 Å². The van der Waals surface area contributed by atoms with Gasteiger partial charge in [-0.1, -0.05) is 12.8 Å². The zero-order valence-electron chi connectivity index (χ0n) is 15.9. The summed E-state index contributed by atoms with van der Waals surface area (Å²) in [7, 11) is 1.72. The van der Waals surface area contributed by atoms with Gasteiger partial charge in [-0.3, -0.25) is 9.79 Å². The first kappa shape index (κ1) is 18.8. The van der Waals surface area contributed by atoms with E-state index in [4.69, 9.17) is 9.41 Å². The number of carbonyl (C=O) groups is 1. The number of likely N-dealkylation sites (tertiary alicyclic amines) is 1. The summed E-state index contributed by atoms with van der Waals surface area (Å²) in [5.41, 5.74) is 0. The molecule has 26 heavy (non-hydrogen) atoms. The van der Waals surface area contributed by atoms with E-state index in [1.807, 2.05) is 12.1 Å². The van der Waals surface area contributed by atoms with Crippen LogP contribution in [0.25, 0.3) is 0 Å². The molecule has 2 N–H and O–H groups in total. The zero-order valence-corrected chi connectivity index (χ0v) is 15.9. The van der Waals surface area contributed by atoms with Crippen molar-refractivity contribution < 1.29 is 9.21 Å². The van der Waals surface area contributed by atoms with E-state index >= 15 is 0 Å². The van der Waals surface area contributed by atoms with Gasteiger partial charge in [0.2, 0.25) is 5.91 Å². The highest BCUT2D eigenvalue weighted by Gasteiger charge is 2.25. The molecule has 1 amide bonds. The van der Waals surface area contributed by atoms with E-state index in [9.17, 15) is 4.79 Å². The maximum Gasteiger partial charge on any atom is 0.220 e. The lowest BCUT2D eigenvalue weighted by Gasteiger charge is -2.35. The predicted octanol–water partition coefficient (Wildman–Crippen LogP) is 2.56. The zero-order chi connectivity index (χ0) is 18.2. The molecule has 1 aliphatic carbocycles. The van der Waals surface area contributed by atoms with Crippen molar-refractivity contribution in [1.29, 1.82) is 0 Å². The Morgan fingerprint density at radius 1 is 1.27 bits per heavy atom. The first-order chi connectivity index (χ1) is 12.7. The second-order valence-corrected chi connectivity index (χ2v) is 7.47. The Balaban J connectivity index is 1.55. The number of hydrogen-bond acceptors (Lipinski definition) is 3. The molecule has 0 spiro atoms. The SMILES string of the molecule is CNC(=O)CC1CCN(C(=NCCc2ccco2)NC2CCCC2)CC1. The second kappa shape index (κ2) is 9.64. The Morgan fingerprint density at radius 2 is 2.04 bits per heavy atom. The van der Waals surface area contributed by atoms with Gasteiger partial charge in [-0.15, -0.1) is 0 Å². The molecule has 2 fully saturated rings.